The van der Waals surface area contributed by atoms with Crippen LogP contribution in [0, 0.1) is 5.41 Å². The van der Waals surface area contributed by atoms with E-state index in [0.29, 0.717) is 0 Å². The Balaban J connectivity index is 1.88. The van der Waals surface area contributed by atoms with Gasteiger partial charge in [-0.2, -0.15) is 0 Å². The van der Waals surface area contributed by atoms with Crippen LogP contribution in [-0.2, 0) is 0 Å². The number of piperidine rings is 1. The second-order valence-electron chi connectivity index (χ2n) is 6.12. The Labute approximate surface area is 121 Å². The number of rotatable bonds is 4. The standard InChI is InChI=1S/C16H25N3O/c1-16(8-10-19(3)11-9-16)12-18-15(20)13-4-6-14(17-2)7-5-13/h4-7,17H,8-12H2,1-3H3,(H,18,20). The molecule has 0 unspecified atom stereocenters. The Bertz CT molecular complexity index is 447. The summed E-state index contributed by atoms with van der Waals surface area (Å²) in [5, 5.41) is 6.13. The lowest BCUT2D eigenvalue weighted by Gasteiger charge is -2.37. The number of nitrogens with zero attached hydrogens (tertiary/aromatic N) is 1. The van der Waals surface area contributed by atoms with Crippen LogP contribution in [0.15, 0.2) is 24.3 Å². The van der Waals surface area contributed by atoms with Gasteiger partial charge < -0.3 is 15.5 Å². The van der Waals surface area contributed by atoms with Crippen molar-refractivity contribution < 1.29 is 4.79 Å². The number of amides is 1. The Hall–Kier alpha value is -1.55. The molecule has 1 heterocycles. The highest BCUT2D eigenvalue weighted by molar-refractivity contribution is 5.94. The van der Waals surface area contributed by atoms with Crippen LogP contribution in [0.1, 0.15) is 30.1 Å². The molecule has 4 heteroatoms. The molecule has 1 saturated heterocycles. The third-order valence-corrected chi connectivity index (χ3v) is 4.31. The Morgan fingerprint density at radius 3 is 2.40 bits per heavy atom. The predicted octanol–water partition coefficient (Wildman–Crippen LogP) is 2.19. The van der Waals surface area contributed by atoms with Gasteiger partial charge in [0.2, 0.25) is 0 Å². The van der Waals surface area contributed by atoms with Crippen LogP contribution in [0.3, 0.4) is 0 Å². The Morgan fingerprint density at radius 2 is 1.85 bits per heavy atom. The molecule has 1 fully saturated rings. The van der Waals surface area contributed by atoms with E-state index in [-0.39, 0.29) is 11.3 Å². The zero-order valence-corrected chi connectivity index (χ0v) is 12.7. The molecule has 2 rings (SSSR count). The molecule has 1 aliphatic heterocycles. The number of carbonyl (C=O) groups is 1. The number of hydrogen-bond acceptors (Lipinski definition) is 3. The molecule has 20 heavy (non-hydrogen) atoms. The number of hydrogen-bond donors (Lipinski definition) is 2. The average molecular weight is 275 g/mol. The summed E-state index contributed by atoms with van der Waals surface area (Å²) >= 11 is 0. The second-order valence-corrected chi connectivity index (χ2v) is 6.12. The molecule has 0 spiro atoms. The topological polar surface area (TPSA) is 44.4 Å². The van der Waals surface area contributed by atoms with Gasteiger partial charge in [-0.15, -0.1) is 0 Å². The van der Waals surface area contributed by atoms with Gasteiger partial charge in [0, 0.05) is 24.8 Å². The fraction of sp³-hybridized carbons (Fsp3) is 0.562. The maximum Gasteiger partial charge on any atom is 0.251 e. The van der Waals surface area contributed by atoms with Gasteiger partial charge in [-0.25, -0.2) is 0 Å². The largest absolute Gasteiger partial charge is 0.388 e. The van der Waals surface area contributed by atoms with Crippen molar-refractivity contribution in [2.24, 2.45) is 5.41 Å². The fourth-order valence-corrected chi connectivity index (χ4v) is 2.52. The first-order chi connectivity index (χ1) is 9.52. The minimum Gasteiger partial charge on any atom is -0.388 e. The number of nitrogens with one attached hydrogen (secondary N) is 2. The molecule has 1 aromatic rings. The van der Waals surface area contributed by atoms with E-state index in [0.717, 1.165) is 43.7 Å². The number of carbonyl (C=O) groups excluding carboxylic acids is 1. The quantitative estimate of drug-likeness (QED) is 0.885. The van der Waals surface area contributed by atoms with Crippen molar-refractivity contribution in [2.45, 2.75) is 19.8 Å². The molecule has 0 saturated carbocycles. The molecule has 0 radical (unpaired) electrons. The molecule has 1 amide bonds. The van der Waals surface area contributed by atoms with Crippen LogP contribution in [0.2, 0.25) is 0 Å². The zero-order valence-electron chi connectivity index (χ0n) is 12.7. The molecule has 0 aromatic heterocycles. The lowest BCUT2D eigenvalue weighted by atomic mass is 9.80. The van der Waals surface area contributed by atoms with E-state index in [1.165, 1.54) is 0 Å². The summed E-state index contributed by atoms with van der Waals surface area (Å²) in [6.07, 6.45) is 2.28. The van der Waals surface area contributed by atoms with E-state index in [1.54, 1.807) is 0 Å². The Kier molecular flexibility index (Phi) is 4.65. The fourth-order valence-electron chi connectivity index (χ4n) is 2.52. The number of anilines is 1. The van der Waals surface area contributed by atoms with Crippen LogP contribution in [0.5, 0.6) is 0 Å². The average Bonchev–Trinajstić information content (AvgIpc) is 2.48. The van der Waals surface area contributed by atoms with Crippen LogP contribution < -0.4 is 10.6 Å². The smallest absolute Gasteiger partial charge is 0.251 e. The van der Waals surface area contributed by atoms with Crippen molar-refractivity contribution in [3.8, 4) is 0 Å². The van der Waals surface area contributed by atoms with E-state index in [1.807, 2.05) is 31.3 Å². The van der Waals surface area contributed by atoms with Crippen molar-refractivity contribution in [3.63, 3.8) is 0 Å². The lowest BCUT2D eigenvalue weighted by molar-refractivity contribution is 0.0891. The molecule has 0 bridgehead atoms. The van der Waals surface area contributed by atoms with Gasteiger partial charge in [0.1, 0.15) is 0 Å². The molecular weight excluding hydrogens is 250 g/mol. The molecule has 1 aliphatic rings. The predicted molar refractivity (Wildman–Crippen MR) is 83.2 cm³/mol. The maximum absolute atomic E-state index is 12.2. The summed E-state index contributed by atoms with van der Waals surface area (Å²) < 4.78 is 0. The molecule has 2 N–H and O–H groups in total. The van der Waals surface area contributed by atoms with E-state index in [9.17, 15) is 4.79 Å². The monoisotopic (exact) mass is 275 g/mol. The molecule has 0 aliphatic carbocycles. The zero-order chi connectivity index (χ0) is 14.6. The van der Waals surface area contributed by atoms with Gasteiger partial charge in [-0.3, -0.25) is 4.79 Å². The summed E-state index contributed by atoms with van der Waals surface area (Å²) in [7, 11) is 4.03. The summed E-state index contributed by atoms with van der Waals surface area (Å²) in [4.78, 5) is 14.5. The first-order valence-electron chi connectivity index (χ1n) is 7.27. The first-order valence-corrected chi connectivity index (χ1v) is 7.27. The number of likely N-dealkylation sites (tertiary alicyclic amines) is 1. The molecule has 0 atom stereocenters. The van der Waals surface area contributed by atoms with E-state index in [2.05, 4.69) is 29.5 Å². The molecular formula is C16H25N3O. The van der Waals surface area contributed by atoms with Crippen molar-refractivity contribution in [1.29, 1.82) is 0 Å². The van der Waals surface area contributed by atoms with Crippen LogP contribution in [0.4, 0.5) is 5.69 Å². The summed E-state index contributed by atoms with van der Waals surface area (Å²) in [5.74, 6) is 0.0211. The minimum atomic E-state index is 0.0211. The van der Waals surface area contributed by atoms with Gasteiger partial charge in [-0.05, 0) is 62.7 Å². The van der Waals surface area contributed by atoms with Gasteiger partial charge in [0.25, 0.3) is 5.91 Å². The summed E-state index contributed by atoms with van der Waals surface area (Å²) in [6.45, 7) is 5.25. The van der Waals surface area contributed by atoms with E-state index >= 15 is 0 Å². The number of benzene rings is 1. The van der Waals surface area contributed by atoms with Crippen LogP contribution in [0.25, 0.3) is 0 Å². The first kappa shape index (κ1) is 14.9. The molecule has 1 aromatic carbocycles. The lowest BCUT2D eigenvalue weighted by Crippen LogP contribution is -2.43. The molecule has 110 valence electrons. The van der Waals surface area contributed by atoms with Gasteiger partial charge in [0.05, 0.1) is 0 Å². The summed E-state index contributed by atoms with van der Waals surface area (Å²) in [5.41, 5.74) is 1.97. The highest BCUT2D eigenvalue weighted by Crippen LogP contribution is 2.29. The van der Waals surface area contributed by atoms with Crippen molar-refractivity contribution >= 4 is 11.6 Å². The van der Waals surface area contributed by atoms with Crippen LogP contribution in [-0.4, -0.2) is 44.5 Å². The highest BCUT2D eigenvalue weighted by Gasteiger charge is 2.29. The summed E-state index contributed by atoms with van der Waals surface area (Å²) in [6, 6.07) is 7.56. The van der Waals surface area contributed by atoms with E-state index in [4.69, 9.17) is 0 Å². The minimum absolute atomic E-state index is 0.0211. The van der Waals surface area contributed by atoms with Crippen LogP contribution >= 0.6 is 0 Å². The normalized spacial score (nSPS) is 18.6. The third-order valence-electron chi connectivity index (χ3n) is 4.31. The SMILES string of the molecule is CNc1ccc(C(=O)NCC2(C)CCN(C)CC2)cc1. The Morgan fingerprint density at radius 1 is 1.25 bits per heavy atom. The van der Waals surface area contributed by atoms with Gasteiger partial charge >= 0.3 is 0 Å². The van der Waals surface area contributed by atoms with Gasteiger partial charge in [0.15, 0.2) is 0 Å². The van der Waals surface area contributed by atoms with Crippen molar-refractivity contribution in [2.75, 3.05) is 39.0 Å². The van der Waals surface area contributed by atoms with Crippen molar-refractivity contribution in [3.05, 3.63) is 29.8 Å². The highest BCUT2D eigenvalue weighted by atomic mass is 16.1. The molecule has 4 nitrogen and oxygen atoms in total. The maximum atomic E-state index is 12.2. The second kappa shape index (κ2) is 6.27. The van der Waals surface area contributed by atoms with E-state index < -0.39 is 0 Å². The van der Waals surface area contributed by atoms with Gasteiger partial charge in [-0.1, -0.05) is 6.92 Å². The third kappa shape index (κ3) is 3.73. The van der Waals surface area contributed by atoms with Crippen molar-refractivity contribution in [1.82, 2.24) is 10.2 Å².